The minimum Gasteiger partial charge on any atom is -0.319 e. The van der Waals surface area contributed by atoms with Crippen LogP contribution in [-0.4, -0.2) is 11.9 Å². The van der Waals surface area contributed by atoms with Gasteiger partial charge in [-0.25, -0.2) is 9.18 Å². The van der Waals surface area contributed by atoms with Crippen molar-refractivity contribution in [1.29, 1.82) is 0 Å². The van der Waals surface area contributed by atoms with Gasteiger partial charge in [0, 0.05) is 0 Å². The molecule has 1 fully saturated rings. The van der Waals surface area contributed by atoms with Crippen molar-refractivity contribution in [2.75, 3.05) is 0 Å². The Bertz CT molecular complexity index is 444. The number of hydrogen-bond donors (Lipinski definition) is 2. The third-order valence-electron chi connectivity index (χ3n) is 2.81. The van der Waals surface area contributed by atoms with Crippen molar-refractivity contribution in [3.8, 4) is 0 Å². The van der Waals surface area contributed by atoms with Crippen LogP contribution in [0.5, 0.6) is 0 Å². The summed E-state index contributed by atoms with van der Waals surface area (Å²) in [6.07, 6.45) is 0.413. The normalized spacial score (nSPS) is 24.1. The molecule has 4 nitrogen and oxygen atoms in total. The van der Waals surface area contributed by atoms with Crippen LogP contribution >= 0.6 is 0 Å². The average Bonchev–Trinajstić information content (AvgIpc) is 2.55. The summed E-state index contributed by atoms with van der Waals surface area (Å²) in [4.78, 5) is 22.9. The first-order valence-electron chi connectivity index (χ1n) is 4.98. The van der Waals surface area contributed by atoms with Gasteiger partial charge >= 0.3 is 6.03 Å². The minimum absolute atomic E-state index is 0.375. The molecule has 1 aromatic rings. The Balaban J connectivity index is 2.46. The monoisotopic (exact) mass is 222 g/mol. The summed E-state index contributed by atoms with van der Waals surface area (Å²) in [6.45, 7) is 1.79. The lowest BCUT2D eigenvalue weighted by molar-refractivity contribution is -0.124. The Morgan fingerprint density at radius 1 is 1.25 bits per heavy atom. The van der Waals surface area contributed by atoms with Crippen molar-refractivity contribution in [2.45, 2.75) is 18.9 Å². The fourth-order valence-electron chi connectivity index (χ4n) is 1.88. The summed E-state index contributed by atoms with van der Waals surface area (Å²) < 4.78 is 12.8. The molecule has 1 saturated heterocycles. The molecule has 16 heavy (non-hydrogen) atoms. The van der Waals surface area contributed by atoms with E-state index < -0.39 is 17.5 Å². The van der Waals surface area contributed by atoms with Gasteiger partial charge in [-0.1, -0.05) is 19.1 Å². The van der Waals surface area contributed by atoms with Gasteiger partial charge in [0.15, 0.2) is 0 Å². The first kappa shape index (κ1) is 10.6. The molecule has 3 amide bonds. The molecule has 0 radical (unpaired) electrons. The molecule has 0 spiro atoms. The molecule has 0 unspecified atom stereocenters. The summed E-state index contributed by atoms with van der Waals surface area (Å²) in [5.41, 5.74) is -0.482. The van der Waals surface area contributed by atoms with Crippen LogP contribution in [0.15, 0.2) is 24.3 Å². The highest BCUT2D eigenvalue weighted by molar-refractivity contribution is 6.07. The molecule has 0 saturated carbocycles. The van der Waals surface area contributed by atoms with Gasteiger partial charge in [0.25, 0.3) is 5.91 Å². The van der Waals surface area contributed by atoms with Crippen molar-refractivity contribution in [1.82, 2.24) is 10.6 Å². The SMILES string of the molecule is CC[C@@]1(c2ccc(F)cc2)NC(=O)NC1=O. The highest BCUT2D eigenvalue weighted by Crippen LogP contribution is 2.28. The summed E-state index contributed by atoms with van der Waals surface area (Å²) in [5.74, 6) is -0.772. The molecular formula is C11H11FN2O2. The van der Waals surface area contributed by atoms with Crippen LogP contribution in [0.2, 0.25) is 0 Å². The van der Waals surface area contributed by atoms with E-state index in [0.717, 1.165) is 0 Å². The van der Waals surface area contributed by atoms with Crippen LogP contribution < -0.4 is 10.6 Å². The van der Waals surface area contributed by atoms with Crippen molar-refractivity contribution < 1.29 is 14.0 Å². The molecule has 2 rings (SSSR count). The van der Waals surface area contributed by atoms with Gasteiger partial charge in [-0.05, 0) is 24.1 Å². The lowest BCUT2D eigenvalue weighted by Gasteiger charge is -2.24. The van der Waals surface area contributed by atoms with E-state index >= 15 is 0 Å². The van der Waals surface area contributed by atoms with Crippen molar-refractivity contribution in [2.24, 2.45) is 0 Å². The molecule has 1 aliphatic heterocycles. The van der Waals surface area contributed by atoms with Gasteiger partial charge in [0.1, 0.15) is 11.4 Å². The fourth-order valence-corrected chi connectivity index (χ4v) is 1.88. The number of amides is 3. The lowest BCUT2D eigenvalue weighted by atomic mass is 9.87. The van der Waals surface area contributed by atoms with Crippen LogP contribution in [0, 0.1) is 5.82 Å². The maximum atomic E-state index is 12.8. The number of urea groups is 1. The molecule has 1 aliphatic rings. The Kier molecular flexibility index (Phi) is 2.38. The molecule has 2 N–H and O–H groups in total. The highest BCUT2D eigenvalue weighted by Gasteiger charge is 2.45. The zero-order valence-electron chi connectivity index (χ0n) is 8.71. The Hall–Kier alpha value is -1.91. The van der Waals surface area contributed by atoms with Crippen LogP contribution in [-0.2, 0) is 10.3 Å². The number of hydrogen-bond acceptors (Lipinski definition) is 2. The van der Waals surface area contributed by atoms with Crippen LogP contribution in [0.25, 0.3) is 0 Å². The smallest absolute Gasteiger partial charge is 0.319 e. The van der Waals surface area contributed by atoms with Gasteiger partial charge in [0.05, 0.1) is 0 Å². The summed E-state index contributed by atoms with van der Waals surface area (Å²) in [6, 6.07) is 5.03. The molecule has 1 heterocycles. The van der Waals surface area contributed by atoms with E-state index in [1.165, 1.54) is 24.3 Å². The second-order valence-corrected chi connectivity index (χ2v) is 3.67. The third-order valence-corrected chi connectivity index (χ3v) is 2.81. The summed E-state index contributed by atoms with van der Waals surface area (Å²) >= 11 is 0. The predicted molar refractivity (Wildman–Crippen MR) is 55.0 cm³/mol. The summed E-state index contributed by atoms with van der Waals surface area (Å²) in [7, 11) is 0. The molecule has 1 aromatic carbocycles. The second kappa shape index (κ2) is 3.59. The van der Waals surface area contributed by atoms with E-state index in [2.05, 4.69) is 10.6 Å². The van der Waals surface area contributed by atoms with Crippen LogP contribution in [0.3, 0.4) is 0 Å². The lowest BCUT2D eigenvalue weighted by Crippen LogP contribution is -2.43. The first-order chi connectivity index (χ1) is 7.58. The third kappa shape index (κ3) is 1.44. The molecule has 84 valence electrons. The molecule has 1 atom stereocenters. The summed E-state index contributed by atoms with van der Waals surface area (Å²) in [5, 5.41) is 4.77. The topological polar surface area (TPSA) is 58.2 Å². The standard InChI is InChI=1S/C11H11FN2O2/c1-2-11(9(15)13-10(16)14-11)7-3-5-8(12)6-4-7/h3-6H,2H2,1H3,(H2,13,14,15,16)/t11-/m0/s1. The van der Waals surface area contributed by atoms with Crippen LogP contribution in [0.1, 0.15) is 18.9 Å². The first-order valence-corrected chi connectivity index (χ1v) is 4.98. The van der Waals surface area contributed by atoms with Crippen molar-refractivity contribution >= 4 is 11.9 Å². The quantitative estimate of drug-likeness (QED) is 0.740. The maximum Gasteiger partial charge on any atom is 0.322 e. The molecule has 0 bridgehead atoms. The Morgan fingerprint density at radius 3 is 2.31 bits per heavy atom. The van der Waals surface area contributed by atoms with E-state index in [9.17, 15) is 14.0 Å². The highest BCUT2D eigenvalue weighted by atomic mass is 19.1. The number of halogens is 1. The minimum atomic E-state index is -1.06. The number of carbonyl (C=O) groups excluding carboxylic acids is 2. The number of rotatable bonds is 2. The van der Waals surface area contributed by atoms with Gasteiger partial charge in [-0.2, -0.15) is 0 Å². The number of benzene rings is 1. The molecule has 5 heteroatoms. The van der Waals surface area contributed by atoms with Gasteiger partial charge in [-0.3, -0.25) is 10.1 Å². The van der Waals surface area contributed by atoms with Gasteiger partial charge < -0.3 is 5.32 Å². The van der Waals surface area contributed by atoms with E-state index in [0.29, 0.717) is 12.0 Å². The van der Waals surface area contributed by atoms with E-state index in [4.69, 9.17) is 0 Å². The second-order valence-electron chi connectivity index (χ2n) is 3.67. The van der Waals surface area contributed by atoms with Crippen molar-refractivity contribution in [3.05, 3.63) is 35.6 Å². The van der Waals surface area contributed by atoms with E-state index in [1.807, 2.05) is 0 Å². The van der Waals surface area contributed by atoms with E-state index in [-0.39, 0.29) is 5.82 Å². The number of nitrogens with one attached hydrogen (secondary N) is 2. The van der Waals surface area contributed by atoms with Crippen molar-refractivity contribution in [3.63, 3.8) is 0 Å². The van der Waals surface area contributed by atoms with Gasteiger partial charge in [-0.15, -0.1) is 0 Å². The maximum absolute atomic E-state index is 12.8. The average molecular weight is 222 g/mol. The van der Waals surface area contributed by atoms with Crippen LogP contribution in [0.4, 0.5) is 9.18 Å². The molecular weight excluding hydrogens is 211 g/mol. The Labute approximate surface area is 91.8 Å². The number of imide groups is 1. The molecule has 0 aliphatic carbocycles. The zero-order chi connectivity index (χ0) is 11.8. The number of carbonyl (C=O) groups is 2. The van der Waals surface area contributed by atoms with E-state index in [1.54, 1.807) is 6.92 Å². The largest absolute Gasteiger partial charge is 0.322 e. The Morgan fingerprint density at radius 2 is 1.88 bits per heavy atom. The fraction of sp³-hybridized carbons (Fsp3) is 0.273. The molecule has 0 aromatic heterocycles. The predicted octanol–water partition coefficient (Wildman–Crippen LogP) is 1.27. The zero-order valence-corrected chi connectivity index (χ0v) is 8.71. The van der Waals surface area contributed by atoms with Gasteiger partial charge in [0.2, 0.25) is 0 Å².